The Morgan fingerprint density at radius 3 is 1.96 bits per heavy atom. The quantitative estimate of drug-likeness (QED) is 0.643. The SMILES string of the molecule is Fc1ccc(CN[C@@H]2CC[C@@H](C(c3ccccc3)c3ccccc3)NC2)cc1. The normalized spacial score (nSPS) is 19.6. The molecule has 1 aliphatic heterocycles. The van der Waals surface area contributed by atoms with Gasteiger partial charge < -0.3 is 10.6 Å². The van der Waals surface area contributed by atoms with E-state index in [0.29, 0.717) is 18.0 Å². The van der Waals surface area contributed by atoms with Crippen molar-refractivity contribution >= 4 is 0 Å². The fourth-order valence-corrected chi connectivity index (χ4v) is 4.18. The van der Waals surface area contributed by atoms with E-state index in [-0.39, 0.29) is 5.82 Å². The second-order valence-corrected chi connectivity index (χ2v) is 7.60. The summed E-state index contributed by atoms with van der Waals surface area (Å²) >= 11 is 0. The summed E-state index contributed by atoms with van der Waals surface area (Å²) in [4.78, 5) is 0. The standard InChI is InChI=1S/C25H27FN2/c26-22-13-11-19(12-14-22)17-27-23-15-16-24(28-18-23)25(20-7-3-1-4-8-20)21-9-5-2-6-10-21/h1-14,23-25,27-28H,15-18H2/t23-,24+/m1/s1. The predicted molar refractivity (Wildman–Crippen MR) is 113 cm³/mol. The summed E-state index contributed by atoms with van der Waals surface area (Å²) in [5.41, 5.74) is 3.85. The van der Waals surface area contributed by atoms with E-state index in [1.54, 1.807) is 0 Å². The van der Waals surface area contributed by atoms with Crippen molar-refractivity contribution in [3.63, 3.8) is 0 Å². The van der Waals surface area contributed by atoms with E-state index in [4.69, 9.17) is 0 Å². The van der Waals surface area contributed by atoms with Crippen molar-refractivity contribution in [1.29, 1.82) is 0 Å². The van der Waals surface area contributed by atoms with Crippen molar-refractivity contribution < 1.29 is 4.39 Å². The molecule has 3 aromatic rings. The highest BCUT2D eigenvalue weighted by Gasteiger charge is 2.29. The van der Waals surface area contributed by atoms with Crippen LogP contribution in [0.15, 0.2) is 84.9 Å². The largest absolute Gasteiger partial charge is 0.311 e. The van der Waals surface area contributed by atoms with Gasteiger partial charge in [-0.3, -0.25) is 0 Å². The third-order valence-corrected chi connectivity index (χ3v) is 5.68. The summed E-state index contributed by atoms with van der Waals surface area (Å²) < 4.78 is 13.0. The van der Waals surface area contributed by atoms with Gasteiger partial charge in [-0.05, 0) is 41.7 Å². The van der Waals surface area contributed by atoms with Crippen LogP contribution in [0.4, 0.5) is 4.39 Å². The van der Waals surface area contributed by atoms with Crippen LogP contribution in [0.3, 0.4) is 0 Å². The highest BCUT2D eigenvalue weighted by molar-refractivity contribution is 5.34. The van der Waals surface area contributed by atoms with Crippen molar-refractivity contribution in [3.8, 4) is 0 Å². The van der Waals surface area contributed by atoms with Crippen molar-refractivity contribution in [3.05, 3.63) is 107 Å². The second kappa shape index (κ2) is 9.13. The maximum Gasteiger partial charge on any atom is 0.123 e. The van der Waals surface area contributed by atoms with Crippen LogP contribution in [-0.4, -0.2) is 18.6 Å². The second-order valence-electron chi connectivity index (χ2n) is 7.60. The highest BCUT2D eigenvalue weighted by Crippen LogP contribution is 2.31. The summed E-state index contributed by atoms with van der Waals surface area (Å²) in [5, 5.41) is 7.40. The first kappa shape index (κ1) is 18.9. The summed E-state index contributed by atoms with van der Waals surface area (Å²) in [6.45, 7) is 1.72. The minimum Gasteiger partial charge on any atom is -0.311 e. The van der Waals surface area contributed by atoms with Gasteiger partial charge in [0.25, 0.3) is 0 Å². The summed E-state index contributed by atoms with van der Waals surface area (Å²) in [5.74, 6) is 0.180. The Bertz CT molecular complexity index is 801. The third-order valence-electron chi connectivity index (χ3n) is 5.68. The number of piperidine rings is 1. The smallest absolute Gasteiger partial charge is 0.123 e. The fraction of sp³-hybridized carbons (Fsp3) is 0.280. The molecule has 1 saturated heterocycles. The zero-order valence-corrected chi connectivity index (χ0v) is 16.0. The summed E-state index contributed by atoms with van der Waals surface area (Å²) in [7, 11) is 0. The Morgan fingerprint density at radius 1 is 0.821 bits per heavy atom. The van der Waals surface area contributed by atoms with Crippen LogP contribution in [0.5, 0.6) is 0 Å². The van der Waals surface area contributed by atoms with Crippen LogP contribution < -0.4 is 10.6 Å². The van der Waals surface area contributed by atoms with E-state index in [1.807, 2.05) is 12.1 Å². The van der Waals surface area contributed by atoms with Crippen LogP contribution in [0.2, 0.25) is 0 Å². The zero-order chi connectivity index (χ0) is 19.2. The lowest BCUT2D eigenvalue weighted by atomic mass is 9.81. The zero-order valence-electron chi connectivity index (χ0n) is 16.0. The van der Waals surface area contributed by atoms with Crippen LogP contribution in [0, 0.1) is 5.82 Å². The van der Waals surface area contributed by atoms with Crippen LogP contribution >= 0.6 is 0 Å². The van der Waals surface area contributed by atoms with E-state index in [9.17, 15) is 4.39 Å². The Labute approximate surface area is 166 Å². The van der Waals surface area contributed by atoms with Gasteiger partial charge in [0.05, 0.1) is 0 Å². The molecule has 144 valence electrons. The molecule has 1 fully saturated rings. The number of rotatable bonds is 6. The van der Waals surface area contributed by atoms with Gasteiger partial charge in [-0.15, -0.1) is 0 Å². The Morgan fingerprint density at radius 2 is 1.43 bits per heavy atom. The van der Waals surface area contributed by atoms with E-state index in [1.165, 1.54) is 23.3 Å². The molecule has 3 aromatic carbocycles. The van der Waals surface area contributed by atoms with Gasteiger partial charge in [-0.25, -0.2) is 4.39 Å². The lowest BCUT2D eigenvalue weighted by molar-refractivity contribution is 0.307. The molecule has 0 radical (unpaired) electrons. The van der Waals surface area contributed by atoms with E-state index in [0.717, 1.165) is 31.5 Å². The molecule has 0 amide bonds. The van der Waals surface area contributed by atoms with E-state index in [2.05, 4.69) is 71.3 Å². The van der Waals surface area contributed by atoms with Crippen molar-refractivity contribution in [2.24, 2.45) is 0 Å². The molecule has 1 aliphatic rings. The van der Waals surface area contributed by atoms with Crippen LogP contribution in [0.1, 0.15) is 35.4 Å². The maximum atomic E-state index is 13.0. The molecule has 0 saturated carbocycles. The molecule has 4 rings (SSSR count). The monoisotopic (exact) mass is 374 g/mol. The molecule has 2 atom stereocenters. The summed E-state index contributed by atoms with van der Waals surface area (Å²) in [6, 6.07) is 29.2. The molecule has 3 heteroatoms. The maximum absolute atomic E-state index is 13.0. The first-order valence-electron chi connectivity index (χ1n) is 10.1. The van der Waals surface area contributed by atoms with Gasteiger partial charge in [0.15, 0.2) is 0 Å². The van der Waals surface area contributed by atoms with Crippen molar-refractivity contribution in [1.82, 2.24) is 10.6 Å². The van der Waals surface area contributed by atoms with Gasteiger partial charge in [0.2, 0.25) is 0 Å². The Kier molecular flexibility index (Phi) is 6.15. The van der Waals surface area contributed by atoms with Gasteiger partial charge in [0.1, 0.15) is 5.82 Å². The van der Waals surface area contributed by atoms with Crippen LogP contribution in [0.25, 0.3) is 0 Å². The van der Waals surface area contributed by atoms with Gasteiger partial charge in [0, 0.05) is 31.1 Å². The lowest BCUT2D eigenvalue weighted by Gasteiger charge is -2.36. The Balaban J connectivity index is 1.40. The molecule has 1 heterocycles. The minimum absolute atomic E-state index is 0.182. The first-order valence-corrected chi connectivity index (χ1v) is 10.1. The number of nitrogens with one attached hydrogen (secondary N) is 2. The van der Waals surface area contributed by atoms with E-state index >= 15 is 0 Å². The van der Waals surface area contributed by atoms with E-state index < -0.39 is 0 Å². The minimum atomic E-state index is -0.182. The average molecular weight is 375 g/mol. The molecular weight excluding hydrogens is 347 g/mol. The molecule has 0 unspecified atom stereocenters. The molecule has 0 aromatic heterocycles. The predicted octanol–water partition coefficient (Wildman–Crippen LogP) is 4.87. The molecule has 2 N–H and O–H groups in total. The fourth-order valence-electron chi connectivity index (χ4n) is 4.18. The van der Waals surface area contributed by atoms with Crippen molar-refractivity contribution in [2.75, 3.05) is 6.54 Å². The molecule has 0 aliphatic carbocycles. The first-order chi connectivity index (χ1) is 13.8. The van der Waals surface area contributed by atoms with Gasteiger partial charge >= 0.3 is 0 Å². The molecule has 2 nitrogen and oxygen atoms in total. The van der Waals surface area contributed by atoms with Gasteiger partial charge in [-0.2, -0.15) is 0 Å². The molecule has 28 heavy (non-hydrogen) atoms. The molecule has 0 bridgehead atoms. The molecule has 0 spiro atoms. The third kappa shape index (κ3) is 4.67. The highest BCUT2D eigenvalue weighted by atomic mass is 19.1. The average Bonchev–Trinajstić information content (AvgIpc) is 2.76. The number of benzene rings is 3. The number of hydrogen-bond acceptors (Lipinski definition) is 2. The number of hydrogen-bond donors (Lipinski definition) is 2. The lowest BCUT2D eigenvalue weighted by Crippen LogP contribution is -2.49. The molecular formula is C25H27FN2. The Hall–Kier alpha value is -2.49. The van der Waals surface area contributed by atoms with Gasteiger partial charge in [-0.1, -0.05) is 72.8 Å². The summed E-state index contributed by atoms with van der Waals surface area (Å²) in [6.07, 6.45) is 2.25. The van der Waals surface area contributed by atoms with Crippen molar-refractivity contribution in [2.45, 2.75) is 37.4 Å². The van der Waals surface area contributed by atoms with Crippen LogP contribution in [-0.2, 0) is 6.54 Å². The topological polar surface area (TPSA) is 24.1 Å². The number of halogens is 1.